The number of anilines is 1. The van der Waals surface area contributed by atoms with Gasteiger partial charge in [0.05, 0.1) is 11.6 Å². The smallest absolute Gasteiger partial charge is 0.321 e. The van der Waals surface area contributed by atoms with E-state index in [2.05, 4.69) is 11.4 Å². The third-order valence-electron chi connectivity index (χ3n) is 4.46. The van der Waals surface area contributed by atoms with Gasteiger partial charge in [0.1, 0.15) is 0 Å². The van der Waals surface area contributed by atoms with Gasteiger partial charge >= 0.3 is 6.03 Å². The number of hydrogen-bond acceptors (Lipinski definition) is 3. The first-order chi connectivity index (χ1) is 9.67. The number of urea groups is 1. The van der Waals surface area contributed by atoms with Gasteiger partial charge < -0.3 is 16.0 Å². The number of rotatable bonds is 1. The molecule has 1 aliphatic heterocycles. The van der Waals surface area contributed by atoms with Gasteiger partial charge in [-0.1, -0.05) is 0 Å². The van der Waals surface area contributed by atoms with E-state index in [0.29, 0.717) is 17.4 Å². The minimum Gasteiger partial charge on any atom is -0.327 e. The number of nitrogens with two attached hydrogens (primary N) is 1. The summed E-state index contributed by atoms with van der Waals surface area (Å²) in [4.78, 5) is 14.1. The van der Waals surface area contributed by atoms with E-state index in [1.807, 2.05) is 4.90 Å². The molecule has 1 aliphatic carbocycles. The fourth-order valence-corrected chi connectivity index (χ4v) is 3.30. The van der Waals surface area contributed by atoms with Crippen LogP contribution in [0, 0.1) is 23.2 Å². The van der Waals surface area contributed by atoms with Gasteiger partial charge in [0, 0.05) is 24.8 Å². The van der Waals surface area contributed by atoms with Crippen LogP contribution in [0.4, 0.5) is 10.5 Å². The Morgan fingerprint density at radius 3 is 2.70 bits per heavy atom. The third-order valence-corrected chi connectivity index (χ3v) is 4.46. The van der Waals surface area contributed by atoms with Crippen molar-refractivity contribution in [1.29, 1.82) is 5.26 Å². The number of nitrogens with zero attached hydrogens (tertiary/aromatic N) is 2. The molecule has 1 aromatic rings. The molecule has 0 aromatic heterocycles. The van der Waals surface area contributed by atoms with Crippen molar-refractivity contribution in [3.63, 3.8) is 0 Å². The molecule has 1 aromatic carbocycles. The number of nitriles is 1. The van der Waals surface area contributed by atoms with Gasteiger partial charge in [-0.2, -0.15) is 5.26 Å². The molecule has 104 valence electrons. The van der Waals surface area contributed by atoms with Gasteiger partial charge in [-0.15, -0.1) is 0 Å². The van der Waals surface area contributed by atoms with Crippen molar-refractivity contribution >= 4 is 11.7 Å². The van der Waals surface area contributed by atoms with Crippen LogP contribution in [0.2, 0.25) is 0 Å². The summed E-state index contributed by atoms with van der Waals surface area (Å²) < 4.78 is 0. The van der Waals surface area contributed by atoms with Crippen LogP contribution in [0.1, 0.15) is 18.4 Å². The van der Waals surface area contributed by atoms with E-state index in [1.54, 1.807) is 24.3 Å². The fraction of sp³-hybridized carbons (Fsp3) is 0.467. The molecule has 3 atom stereocenters. The lowest BCUT2D eigenvalue weighted by molar-refractivity contribution is 0.218. The number of fused-ring (bicyclic) bond motifs is 1. The molecule has 2 aliphatic rings. The highest BCUT2D eigenvalue weighted by Crippen LogP contribution is 2.37. The second kappa shape index (κ2) is 5.14. The summed E-state index contributed by atoms with van der Waals surface area (Å²) >= 11 is 0. The maximum atomic E-state index is 12.2. The van der Waals surface area contributed by atoms with Gasteiger partial charge in [-0.25, -0.2) is 4.79 Å². The van der Waals surface area contributed by atoms with Gasteiger partial charge in [0.25, 0.3) is 0 Å². The number of likely N-dealkylation sites (tertiary alicyclic amines) is 1. The molecule has 3 N–H and O–H groups in total. The summed E-state index contributed by atoms with van der Waals surface area (Å²) in [6.07, 6.45) is 2.22. The molecule has 5 nitrogen and oxygen atoms in total. The van der Waals surface area contributed by atoms with Crippen LogP contribution in [-0.4, -0.2) is 30.1 Å². The second-order valence-corrected chi connectivity index (χ2v) is 5.69. The van der Waals surface area contributed by atoms with E-state index in [-0.39, 0.29) is 12.1 Å². The summed E-state index contributed by atoms with van der Waals surface area (Å²) in [6, 6.07) is 9.12. The first-order valence-corrected chi connectivity index (χ1v) is 6.99. The molecule has 3 rings (SSSR count). The molecule has 5 heteroatoms. The van der Waals surface area contributed by atoms with Crippen molar-refractivity contribution in [2.45, 2.75) is 18.9 Å². The normalized spacial score (nSPS) is 28.0. The van der Waals surface area contributed by atoms with E-state index in [0.717, 1.165) is 31.6 Å². The van der Waals surface area contributed by atoms with Gasteiger partial charge in [0.2, 0.25) is 0 Å². The van der Waals surface area contributed by atoms with Gasteiger partial charge in [-0.3, -0.25) is 0 Å². The van der Waals surface area contributed by atoms with Crippen LogP contribution in [0.15, 0.2) is 24.3 Å². The average molecular weight is 270 g/mol. The zero-order chi connectivity index (χ0) is 14.1. The molecule has 2 amide bonds. The molecular weight excluding hydrogens is 252 g/mol. The first kappa shape index (κ1) is 12.9. The molecule has 1 heterocycles. The lowest BCUT2D eigenvalue weighted by Gasteiger charge is -2.19. The first-order valence-electron chi connectivity index (χ1n) is 6.99. The molecule has 1 saturated carbocycles. The Hall–Kier alpha value is -2.06. The largest absolute Gasteiger partial charge is 0.327 e. The topological polar surface area (TPSA) is 82.2 Å². The van der Waals surface area contributed by atoms with Crippen molar-refractivity contribution < 1.29 is 4.79 Å². The van der Waals surface area contributed by atoms with Crippen LogP contribution in [0.25, 0.3) is 0 Å². The van der Waals surface area contributed by atoms with Gasteiger partial charge in [0.15, 0.2) is 0 Å². The number of carbonyl (C=O) groups excluding carboxylic acids is 1. The Morgan fingerprint density at radius 1 is 1.30 bits per heavy atom. The van der Waals surface area contributed by atoms with E-state index in [9.17, 15) is 4.79 Å². The molecule has 0 spiro atoms. The summed E-state index contributed by atoms with van der Waals surface area (Å²) in [6.45, 7) is 1.56. The highest BCUT2D eigenvalue weighted by molar-refractivity contribution is 5.89. The molecular formula is C15H18N4O. The summed E-state index contributed by atoms with van der Waals surface area (Å²) in [5.41, 5.74) is 7.38. The molecule has 2 fully saturated rings. The minimum absolute atomic E-state index is 0.0729. The number of carbonyl (C=O) groups is 1. The van der Waals surface area contributed by atoms with Crippen LogP contribution in [0.5, 0.6) is 0 Å². The maximum absolute atomic E-state index is 12.2. The van der Waals surface area contributed by atoms with Crippen molar-refractivity contribution in [2.75, 3.05) is 18.4 Å². The van der Waals surface area contributed by atoms with E-state index < -0.39 is 0 Å². The maximum Gasteiger partial charge on any atom is 0.321 e. The summed E-state index contributed by atoms with van der Waals surface area (Å²) in [7, 11) is 0. The van der Waals surface area contributed by atoms with E-state index in [1.165, 1.54) is 0 Å². The predicted molar refractivity (Wildman–Crippen MR) is 75.9 cm³/mol. The Kier molecular flexibility index (Phi) is 3.33. The molecule has 0 bridgehead atoms. The Balaban J connectivity index is 1.61. The zero-order valence-electron chi connectivity index (χ0n) is 11.2. The summed E-state index contributed by atoms with van der Waals surface area (Å²) in [5, 5.41) is 11.6. The number of nitrogens with one attached hydrogen (secondary N) is 1. The Labute approximate surface area is 118 Å². The number of amides is 2. The quantitative estimate of drug-likeness (QED) is 0.815. The molecule has 20 heavy (non-hydrogen) atoms. The fourth-order valence-electron chi connectivity index (χ4n) is 3.30. The highest BCUT2D eigenvalue weighted by atomic mass is 16.2. The van der Waals surface area contributed by atoms with Crippen molar-refractivity contribution in [3.05, 3.63) is 29.8 Å². The molecule has 0 radical (unpaired) electrons. The Bertz CT molecular complexity index is 548. The minimum atomic E-state index is -0.0729. The predicted octanol–water partition coefficient (Wildman–Crippen LogP) is 1.76. The average Bonchev–Trinajstić information content (AvgIpc) is 3.02. The van der Waals surface area contributed by atoms with Crippen LogP contribution in [0.3, 0.4) is 0 Å². The van der Waals surface area contributed by atoms with Crippen molar-refractivity contribution in [3.8, 4) is 6.07 Å². The standard InChI is InChI=1S/C15H18N4O/c16-7-10-1-4-12(5-2-10)18-15(20)19-8-11-3-6-14(17)13(11)9-19/h1-2,4-5,11,13-14H,3,6,8-9,17H2,(H,18,20). The molecule has 1 saturated heterocycles. The SMILES string of the molecule is N#Cc1ccc(NC(=O)N2CC3CCC(N)C3C2)cc1. The number of benzene rings is 1. The third kappa shape index (κ3) is 2.35. The highest BCUT2D eigenvalue weighted by Gasteiger charge is 2.42. The van der Waals surface area contributed by atoms with E-state index >= 15 is 0 Å². The van der Waals surface area contributed by atoms with Crippen molar-refractivity contribution in [1.82, 2.24) is 4.90 Å². The number of hydrogen-bond donors (Lipinski definition) is 2. The molecule has 3 unspecified atom stereocenters. The zero-order valence-corrected chi connectivity index (χ0v) is 11.2. The van der Waals surface area contributed by atoms with Crippen molar-refractivity contribution in [2.24, 2.45) is 17.6 Å². The van der Waals surface area contributed by atoms with Crippen LogP contribution in [-0.2, 0) is 0 Å². The van der Waals surface area contributed by atoms with Crippen LogP contribution < -0.4 is 11.1 Å². The lowest BCUT2D eigenvalue weighted by atomic mass is 9.98. The second-order valence-electron chi connectivity index (χ2n) is 5.69. The Morgan fingerprint density at radius 2 is 2.05 bits per heavy atom. The monoisotopic (exact) mass is 270 g/mol. The van der Waals surface area contributed by atoms with E-state index in [4.69, 9.17) is 11.0 Å². The summed E-state index contributed by atoms with van der Waals surface area (Å²) in [5.74, 6) is 1.03. The lowest BCUT2D eigenvalue weighted by Crippen LogP contribution is -2.36. The van der Waals surface area contributed by atoms with Gasteiger partial charge in [-0.05, 0) is 48.9 Å². The van der Waals surface area contributed by atoms with Crippen LogP contribution >= 0.6 is 0 Å².